The monoisotopic (exact) mass is 238 g/mol. The minimum absolute atomic E-state index is 0.382. The van der Waals surface area contributed by atoms with Crippen molar-refractivity contribution in [2.45, 2.75) is 70.9 Å². The molecule has 2 heteroatoms. The predicted molar refractivity (Wildman–Crippen MR) is 74.0 cm³/mol. The summed E-state index contributed by atoms with van der Waals surface area (Å²) in [6.07, 6.45) is 8.31. The molecule has 2 N–H and O–H groups in total. The minimum atomic E-state index is 0.382. The first-order valence-electron chi connectivity index (χ1n) is 7.51. The Morgan fingerprint density at radius 3 is 2.35 bits per heavy atom. The van der Waals surface area contributed by atoms with Crippen molar-refractivity contribution >= 4 is 0 Å². The van der Waals surface area contributed by atoms with Crippen LogP contribution in [-0.4, -0.2) is 29.6 Å². The third kappa shape index (κ3) is 2.85. The van der Waals surface area contributed by atoms with Gasteiger partial charge in [-0.1, -0.05) is 19.8 Å². The van der Waals surface area contributed by atoms with E-state index in [0.717, 1.165) is 18.4 Å². The molecule has 1 saturated heterocycles. The van der Waals surface area contributed by atoms with E-state index in [4.69, 9.17) is 5.73 Å². The Morgan fingerprint density at radius 2 is 1.88 bits per heavy atom. The molecule has 2 fully saturated rings. The summed E-state index contributed by atoms with van der Waals surface area (Å²) in [6.45, 7) is 9.30. The van der Waals surface area contributed by atoms with Gasteiger partial charge in [0.1, 0.15) is 0 Å². The van der Waals surface area contributed by atoms with Gasteiger partial charge >= 0.3 is 0 Å². The van der Waals surface area contributed by atoms with Gasteiger partial charge in [-0.2, -0.15) is 0 Å². The van der Waals surface area contributed by atoms with Crippen molar-refractivity contribution in [1.82, 2.24) is 4.90 Å². The zero-order valence-corrected chi connectivity index (χ0v) is 11.9. The van der Waals surface area contributed by atoms with Crippen molar-refractivity contribution in [1.29, 1.82) is 0 Å². The first-order chi connectivity index (χ1) is 8.04. The Kier molecular flexibility index (Phi) is 4.14. The highest BCUT2D eigenvalue weighted by atomic mass is 15.2. The lowest BCUT2D eigenvalue weighted by Crippen LogP contribution is -2.52. The second kappa shape index (κ2) is 5.27. The Bertz CT molecular complexity index is 241. The SMILES string of the molecule is CC1CCC(C(CN)N2CCCC2(C)C)CC1. The number of nitrogens with zero attached hydrogens (tertiary/aromatic N) is 1. The van der Waals surface area contributed by atoms with Gasteiger partial charge in [0.2, 0.25) is 0 Å². The molecule has 17 heavy (non-hydrogen) atoms. The number of hydrogen-bond acceptors (Lipinski definition) is 2. The second-order valence-corrected chi connectivity index (χ2v) is 6.93. The van der Waals surface area contributed by atoms with Gasteiger partial charge in [-0.3, -0.25) is 4.90 Å². The standard InChI is InChI=1S/C15H30N2/c1-12-5-7-13(8-6-12)14(11-16)17-10-4-9-15(17,2)3/h12-14H,4-11,16H2,1-3H3. The summed E-state index contributed by atoms with van der Waals surface area (Å²) in [5, 5.41) is 0. The molecule has 0 aromatic rings. The number of nitrogens with two attached hydrogens (primary N) is 1. The van der Waals surface area contributed by atoms with Gasteiger partial charge in [-0.05, 0) is 57.9 Å². The van der Waals surface area contributed by atoms with E-state index >= 15 is 0 Å². The Hall–Kier alpha value is -0.0800. The molecule has 0 amide bonds. The van der Waals surface area contributed by atoms with E-state index in [1.165, 1.54) is 45.1 Å². The lowest BCUT2D eigenvalue weighted by atomic mass is 9.78. The van der Waals surface area contributed by atoms with Gasteiger partial charge in [0, 0.05) is 18.1 Å². The van der Waals surface area contributed by atoms with Crippen LogP contribution in [0.4, 0.5) is 0 Å². The largest absolute Gasteiger partial charge is 0.329 e. The fourth-order valence-corrected chi connectivity index (χ4v) is 3.99. The Morgan fingerprint density at radius 1 is 1.24 bits per heavy atom. The van der Waals surface area contributed by atoms with E-state index in [1.54, 1.807) is 0 Å². The van der Waals surface area contributed by atoms with Crippen molar-refractivity contribution in [2.24, 2.45) is 17.6 Å². The lowest BCUT2D eigenvalue weighted by molar-refractivity contribution is 0.0611. The van der Waals surface area contributed by atoms with Gasteiger partial charge in [-0.25, -0.2) is 0 Å². The molecular formula is C15H30N2. The zero-order valence-electron chi connectivity index (χ0n) is 11.9. The van der Waals surface area contributed by atoms with Crippen molar-refractivity contribution in [3.63, 3.8) is 0 Å². The van der Waals surface area contributed by atoms with Crippen molar-refractivity contribution in [3.05, 3.63) is 0 Å². The molecular weight excluding hydrogens is 208 g/mol. The van der Waals surface area contributed by atoms with Crippen molar-refractivity contribution in [3.8, 4) is 0 Å². The molecule has 1 atom stereocenters. The van der Waals surface area contributed by atoms with Crippen LogP contribution < -0.4 is 5.73 Å². The third-order valence-corrected chi connectivity index (χ3v) is 5.21. The Labute approximate surface area is 107 Å². The van der Waals surface area contributed by atoms with Crippen LogP contribution >= 0.6 is 0 Å². The molecule has 0 radical (unpaired) electrons. The van der Waals surface area contributed by atoms with E-state index in [1.807, 2.05) is 0 Å². The molecule has 2 nitrogen and oxygen atoms in total. The summed E-state index contributed by atoms with van der Waals surface area (Å²) in [5.41, 5.74) is 6.48. The molecule has 1 aliphatic carbocycles. The number of rotatable bonds is 3. The summed E-state index contributed by atoms with van der Waals surface area (Å²) in [4.78, 5) is 2.72. The molecule has 1 heterocycles. The molecule has 2 rings (SSSR count). The van der Waals surface area contributed by atoms with Crippen LogP contribution in [0.1, 0.15) is 59.3 Å². The topological polar surface area (TPSA) is 29.3 Å². The van der Waals surface area contributed by atoms with E-state index < -0.39 is 0 Å². The van der Waals surface area contributed by atoms with Gasteiger partial charge in [0.15, 0.2) is 0 Å². The maximum absolute atomic E-state index is 6.10. The van der Waals surface area contributed by atoms with Gasteiger partial charge in [0.05, 0.1) is 0 Å². The summed E-state index contributed by atoms with van der Waals surface area (Å²) >= 11 is 0. The molecule has 100 valence electrons. The van der Waals surface area contributed by atoms with Crippen LogP contribution in [0.25, 0.3) is 0 Å². The second-order valence-electron chi connectivity index (χ2n) is 6.93. The first-order valence-corrected chi connectivity index (χ1v) is 7.51. The van der Waals surface area contributed by atoms with Gasteiger partial charge in [0.25, 0.3) is 0 Å². The van der Waals surface area contributed by atoms with E-state index in [0.29, 0.717) is 11.6 Å². The molecule has 0 bridgehead atoms. The molecule has 0 aromatic heterocycles. The molecule has 0 spiro atoms. The van der Waals surface area contributed by atoms with Crippen LogP contribution in [0.15, 0.2) is 0 Å². The highest BCUT2D eigenvalue weighted by molar-refractivity contribution is 4.95. The quantitative estimate of drug-likeness (QED) is 0.819. The van der Waals surface area contributed by atoms with Crippen LogP contribution in [-0.2, 0) is 0 Å². The van der Waals surface area contributed by atoms with Crippen LogP contribution in [0.5, 0.6) is 0 Å². The lowest BCUT2D eigenvalue weighted by Gasteiger charge is -2.43. The number of hydrogen-bond donors (Lipinski definition) is 1. The normalized spacial score (nSPS) is 36.0. The predicted octanol–water partition coefficient (Wildman–Crippen LogP) is 3.01. The average Bonchev–Trinajstić information content (AvgIpc) is 2.63. The zero-order chi connectivity index (χ0) is 12.5. The summed E-state index contributed by atoms with van der Waals surface area (Å²) in [7, 11) is 0. The van der Waals surface area contributed by atoms with Crippen LogP contribution in [0, 0.1) is 11.8 Å². The van der Waals surface area contributed by atoms with Crippen LogP contribution in [0.3, 0.4) is 0 Å². The van der Waals surface area contributed by atoms with E-state index in [2.05, 4.69) is 25.7 Å². The van der Waals surface area contributed by atoms with Crippen molar-refractivity contribution < 1.29 is 0 Å². The fourth-order valence-electron chi connectivity index (χ4n) is 3.99. The number of likely N-dealkylation sites (tertiary alicyclic amines) is 1. The molecule has 1 aliphatic heterocycles. The maximum atomic E-state index is 6.10. The van der Waals surface area contributed by atoms with Crippen molar-refractivity contribution in [2.75, 3.05) is 13.1 Å². The van der Waals surface area contributed by atoms with E-state index in [-0.39, 0.29) is 0 Å². The van der Waals surface area contributed by atoms with Gasteiger partial charge < -0.3 is 5.73 Å². The summed E-state index contributed by atoms with van der Waals surface area (Å²) in [5.74, 6) is 1.80. The van der Waals surface area contributed by atoms with E-state index in [9.17, 15) is 0 Å². The maximum Gasteiger partial charge on any atom is 0.0251 e. The summed E-state index contributed by atoms with van der Waals surface area (Å²) < 4.78 is 0. The first kappa shape index (κ1) is 13.4. The van der Waals surface area contributed by atoms with Gasteiger partial charge in [-0.15, -0.1) is 0 Å². The Balaban J connectivity index is 2.01. The molecule has 0 aromatic carbocycles. The third-order valence-electron chi connectivity index (χ3n) is 5.21. The highest BCUT2D eigenvalue weighted by Gasteiger charge is 2.39. The molecule has 1 saturated carbocycles. The smallest absolute Gasteiger partial charge is 0.0251 e. The fraction of sp³-hybridized carbons (Fsp3) is 1.00. The summed E-state index contributed by atoms with van der Waals surface area (Å²) in [6, 6.07) is 0.639. The molecule has 1 unspecified atom stereocenters. The molecule has 2 aliphatic rings. The van der Waals surface area contributed by atoms with Crippen LogP contribution in [0.2, 0.25) is 0 Å². The average molecular weight is 238 g/mol. The minimum Gasteiger partial charge on any atom is -0.329 e. The highest BCUT2D eigenvalue weighted by Crippen LogP contribution is 2.37.